The van der Waals surface area contributed by atoms with Gasteiger partial charge in [-0.05, 0) is 40.2 Å². The van der Waals surface area contributed by atoms with Crippen molar-refractivity contribution in [1.82, 2.24) is 4.90 Å². The van der Waals surface area contributed by atoms with E-state index in [4.69, 9.17) is 4.74 Å². The van der Waals surface area contributed by atoms with Crippen molar-refractivity contribution in [3.8, 4) is 5.75 Å². The number of carbonyl (C=O) groups excluding carboxylic acids is 3. The molecule has 0 saturated carbocycles. The van der Waals surface area contributed by atoms with E-state index in [0.717, 1.165) is 28.1 Å². The van der Waals surface area contributed by atoms with Crippen LogP contribution in [0.15, 0.2) is 71.6 Å². The Labute approximate surface area is 183 Å². The number of para-hydroxylation sites is 1. The summed E-state index contributed by atoms with van der Waals surface area (Å²) in [5.74, 6) is -0.440. The van der Waals surface area contributed by atoms with Crippen molar-refractivity contribution in [2.75, 3.05) is 13.7 Å². The lowest BCUT2D eigenvalue weighted by Crippen LogP contribution is -2.27. The monoisotopic (exact) mass is 433 g/mol. The third-order valence-electron chi connectivity index (χ3n) is 4.86. The lowest BCUT2D eigenvalue weighted by atomic mass is 10.0. The van der Waals surface area contributed by atoms with Crippen molar-refractivity contribution in [2.45, 2.75) is 6.54 Å². The first-order valence-corrected chi connectivity index (χ1v) is 10.4. The zero-order valence-corrected chi connectivity index (χ0v) is 17.6. The number of carbonyl (C=O) groups is 3. The van der Waals surface area contributed by atoms with Gasteiger partial charge in [0.15, 0.2) is 6.61 Å². The highest BCUT2D eigenvalue weighted by Crippen LogP contribution is 2.35. The fraction of sp³-hybridized carbons (Fsp3) is 0.125. The highest BCUT2D eigenvalue weighted by atomic mass is 32.2. The van der Waals surface area contributed by atoms with Crippen LogP contribution in [0.4, 0.5) is 4.79 Å². The van der Waals surface area contributed by atoms with Gasteiger partial charge in [0.1, 0.15) is 5.75 Å². The number of rotatable bonds is 6. The predicted octanol–water partition coefficient (Wildman–Crippen LogP) is 4.63. The van der Waals surface area contributed by atoms with Gasteiger partial charge in [0, 0.05) is 5.56 Å². The molecule has 6 nitrogen and oxygen atoms in total. The highest BCUT2D eigenvalue weighted by molar-refractivity contribution is 8.18. The number of benzene rings is 3. The predicted molar refractivity (Wildman–Crippen MR) is 119 cm³/mol. The standard InChI is InChI=1S/C24H19NO5S/c1-29-22(26)15-30-20-12-5-3-8-17(20)13-21-23(27)25(24(28)31-21)14-18-10-6-9-16-7-2-4-11-19(16)18/h2-13H,14-15H2,1H3/b21-13+. The van der Waals surface area contributed by atoms with E-state index in [2.05, 4.69) is 4.74 Å². The van der Waals surface area contributed by atoms with Gasteiger partial charge in [-0.15, -0.1) is 0 Å². The molecule has 2 amide bonds. The zero-order valence-electron chi connectivity index (χ0n) is 16.7. The Hall–Kier alpha value is -3.58. The molecule has 1 aliphatic heterocycles. The molecule has 0 spiro atoms. The van der Waals surface area contributed by atoms with Crippen LogP contribution < -0.4 is 4.74 Å². The molecule has 0 unspecified atom stereocenters. The van der Waals surface area contributed by atoms with Gasteiger partial charge in [-0.2, -0.15) is 0 Å². The van der Waals surface area contributed by atoms with Crippen LogP contribution in [0.25, 0.3) is 16.8 Å². The molecule has 0 bridgehead atoms. The fourth-order valence-electron chi connectivity index (χ4n) is 3.31. The summed E-state index contributed by atoms with van der Waals surface area (Å²) in [5.41, 5.74) is 1.51. The summed E-state index contributed by atoms with van der Waals surface area (Å²) >= 11 is 0.890. The Morgan fingerprint density at radius 1 is 1.00 bits per heavy atom. The first-order chi connectivity index (χ1) is 15.1. The van der Waals surface area contributed by atoms with E-state index < -0.39 is 5.97 Å². The maximum atomic E-state index is 13.0. The average Bonchev–Trinajstić information content (AvgIpc) is 3.05. The van der Waals surface area contributed by atoms with Gasteiger partial charge >= 0.3 is 5.97 Å². The summed E-state index contributed by atoms with van der Waals surface area (Å²) in [4.78, 5) is 38.5. The first-order valence-electron chi connectivity index (χ1n) is 9.57. The Balaban J connectivity index is 1.58. The molecule has 0 radical (unpaired) electrons. The number of nitrogens with zero attached hydrogens (tertiary/aromatic N) is 1. The van der Waals surface area contributed by atoms with E-state index in [-0.39, 0.29) is 24.3 Å². The molecule has 4 rings (SSSR count). The molecule has 156 valence electrons. The van der Waals surface area contributed by atoms with Crippen LogP contribution in [0.1, 0.15) is 11.1 Å². The Morgan fingerprint density at radius 2 is 1.74 bits per heavy atom. The van der Waals surface area contributed by atoms with Gasteiger partial charge < -0.3 is 9.47 Å². The maximum absolute atomic E-state index is 13.0. The average molecular weight is 433 g/mol. The van der Waals surface area contributed by atoms with Crippen molar-refractivity contribution >= 4 is 45.7 Å². The third kappa shape index (κ3) is 4.46. The molecule has 1 heterocycles. The van der Waals surface area contributed by atoms with Crippen molar-refractivity contribution in [2.24, 2.45) is 0 Å². The van der Waals surface area contributed by atoms with Gasteiger partial charge in [0.05, 0.1) is 18.6 Å². The molecule has 1 fully saturated rings. The second-order valence-corrected chi connectivity index (χ2v) is 7.80. The van der Waals surface area contributed by atoms with Gasteiger partial charge in [-0.1, -0.05) is 60.7 Å². The second-order valence-electron chi connectivity index (χ2n) is 6.81. The van der Waals surface area contributed by atoms with Crippen LogP contribution in [-0.4, -0.2) is 35.7 Å². The molecule has 0 N–H and O–H groups in total. The highest BCUT2D eigenvalue weighted by Gasteiger charge is 2.35. The molecular weight excluding hydrogens is 414 g/mol. The SMILES string of the molecule is COC(=O)COc1ccccc1/C=C1/SC(=O)N(Cc2cccc3ccccc23)C1=O. The van der Waals surface area contributed by atoms with Crippen molar-refractivity contribution in [1.29, 1.82) is 0 Å². The van der Waals surface area contributed by atoms with Gasteiger partial charge in [-0.25, -0.2) is 4.79 Å². The molecule has 31 heavy (non-hydrogen) atoms. The van der Waals surface area contributed by atoms with Crippen LogP contribution in [0, 0.1) is 0 Å². The van der Waals surface area contributed by atoms with Crippen LogP contribution >= 0.6 is 11.8 Å². The van der Waals surface area contributed by atoms with Crippen molar-refractivity contribution < 1.29 is 23.9 Å². The second kappa shape index (κ2) is 9.06. The van der Waals surface area contributed by atoms with E-state index in [9.17, 15) is 14.4 Å². The topological polar surface area (TPSA) is 72.9 Å². The Bertz CT molecular complexity index is 1200. The molecule has 0 aliphatic carbocycles. The number of imide groups is 1. The fourth-order valence-corrected chi connectivity index (χ4v) is 4.13. The summed E-state index contributed by atoms with van der Waals surface area (Å²) in [6, 6.07) is 20.7. The van der Waals surface area contributed by atoms with E-state index in [1.807, 2.05) is 42.5 Å². The van der Waals surface area contributed by atoms with Gasteiger partial charge in [-0.3, -0.25) is 14.5 Å². The van der Waals surface area contributed by atoms with Crippen molar-refractivity contribution in [3.63, 3.8) is 0 Å². The third-order valence-corrected chi connectivity index (χ3v) is 5.77. The lowest BCUT2D eigenvalue weighted by Gasteiger charge is -2.14. The minimum Gasteiger partial charge on any atom is -0.481 e. The Morgan fingerprint density at radius 3 is 2.58 bits per heavy atom. The summed E-state index contributed by atoms with van der Waals surface area (Å²) < 4.78 is 10.1. The van der Waals surface area contributed by atoms with E-state index in [1.54, 1.807) is 30.3 Å². The summed E-state index contributed by atoms with van der Waals surface area (Å²) in [6.45, 7) is -0.0479. The number of ether oxygens (including phenoxy) is 2. The molecule has 1 aliphatic rings. The number of hydrogen-bond donors (Lipinski definition) is 0. The summed E-state index contributed by atoms with van der Waals surface area (Å²) in [5, 5.41) is 1.74. The normalized spacial score (nSPS) is 15.0. The zero-order chi connectivity index (χ0) is 21.8. The summed E-state index contributed by atoms with van der Waals surface area (Å²) in [7, 11) is 1.28. The van der Waals surface area contributed by atoms with E-state index >= 15 is 0 Å². The number of hydrogen-bond acceptors (Lipinski definition) is 6. The molecule has 7 heteroatoms. The quantitative estimate of drug-likeness (QED) is 0.417. The number of esters is 1. The minimum atomic E-state index is -0.509. The number of amides is 2. The van der Waals surface area contributed by atoms with Crippen LogP contribution in [-0.2, 0) is 20.9 Å². The molecule has 0 atom stereocenters. The summed E-state index contributed by atoms with van der Waals surface area (Å²) in [6.07, 6.45) is 1.61. The van der Waals surface area contributed by atoms with Crippen LogP contribution in [0.3, 0.4) is 0 Å². The van der Waals surface area contributed by atoms with Gasteiger partial charge in [0.25, 0.3) is 11.1 Å². The Kier molecular flexibility index (Phi) is 6.04. The van der Waals surface area contributed by atoms with Gasteiger partial charge in [0.2, 0.25) is 0 Å². The van der Waals surface area contributed by atoms with Crippen LogP contribution in [0.5, 0.6) is 5.75 Å². The number of fused-ring (bicyclic) bond motifs is 1. The van der Waals surface area contributed by atoms with E-state index in [1.165, 1.54) is 12.0 Å². The molecule has 3 aromatic rings. The van der Waals surface area contributed by atoms with E-state index in [0.29, 0.717) is 16.2 Å². The molecular formula is C24H19NO5S. The number of methoxy groups -OCH3 is 1. The molecule has 3 aromatic carbocycles. The van der Waals surface area contributed by atoms with Crippen LogP contribution in [0.2, 0.25) is 0 Å². The first kappa shape index (κ1) is 20.7. The number of thioether (sulfide) groups is 1. The maximum Gasteiger partial charge on any atom is 0.343 e. The smallest absolute Gasteiger partial charge is 0.343 e. The minimum absolute atomic E-state index is 0.198. The lowest BCUT2D eigenvalue weighted by molar-refractivity contribution is -0.142. The molecule has 1 saturated heterocycles. The largest absolute Gasteiger partial charge is 0.481 e. The molecule has 0 aromatic heterocycles. The van der Waals surface area contributed by atoms with Crippen molar-refractivity contribution in [3.05, 3.63) is 82.8 Å².